The molecule has 0 bridgehead atoms. The van der Waals surface area contributed by atoms with Gasteiger partial charge in [0.1, 0.15) is 11.5 Å². The number of rotatable bonds is 18. The quantitative estimate of drug-likeness (QED) is 0.0616. The molecule has 0 aliphatic heterocycles. The molecule has 0 aliphatic carbocycles. The number of ketones is 2. The fraction of sp³-hybridized carbons (Fsp3) is 0.391. The van der Waals surface area contributed by atoms with Gasteiger partial charge in [0.15, 0.2) is 0 Å². The summed E-state index contributed by atoms with van der Waals surface area (Å²) >= 11 is 0. The van der Waals surface area contributed by atoms with Gasteiger partial charge in [0.05, 0.1) is 26.6 Å². The number of nitrogens with one attached hydrogen (secondary N) is 2. The second-order valence-electron chi connectivity index (χ2n) is 13.1. The summed E-state index contributed by atoms with van der Waals surface area (Å²) in [6, 6.07) is 24.2. The van der Waals surface area contributed by atoms with E-state index in [4.69, 9.17) is 18.3 Å². The summed E-state index contributed by atoms with van der Waals surface area (Å²) in [7, 11) is 3.05. The van der Waals surface area contributed by atoms with Gasteiger partial charge in [0.2, 0.25) is 17.4 Å². The van der Waals surface area contributed by atoms with Gasteiger partial charge in [-0.25, -0.2) is 19.7 Å². The summed E-state index contributed by atoms with van der Waals surface area (Å²) in [5, 5.41) is 0. The van der Waals surface area contributed by atoms with Crippen molar-refractivity contribution in [2.45, 2.75) is 106 Å². The van der Waals surface area contributed by atoms with E-state index in [1.54, 1.807) is 45.6 Å². The van der Waals surface area contributed by atoms with Gasteiger partial charge in [0.25, 0.3) is 17.3 Å². The van der Waals surface area contributed by atoms with E-state index in [1.165, 1.54) is 43.3 Å². The van der Waals surface area contributed by atoms with Crippen LogP contribution in [0.4, 0.5) is 0 Å². The molecule has 0 unspecified atom stereocenters. The lowest BCUT2D eigenvalue weighted by Crippen LogP contribution is -2.19. The van der Waals surface area contributed by atoms with Gasteiger partial charge < -0.3 is 23.3 Å². The maximum atomic E-state index is 11.8. The molecule has 2 N–H and O–H groups in total. The van der Waals surface area contributed by atoms with E-state index in [0.29, 0.717) is 36.3 Å². The molecule has 14 nitrogen and oxygen atoms in total. The molecule has 0 radical (unpaired) electrons. The molecule has 6 aromatic rings. The van der Waals surface area contributed by atoms with Gasteiger partial charge in [0, 0.05) is 37.4 Å². The third-order valence-corrected chi connectivity index (χ3v) is 8.33. The third-order valence-electron chi connectivity index (χ3n) is 8.33. The zero-order valence-corrected chi connectivity index (χ0v) is 33.8. The van der Waals surface area contributed by atoms with Crippen LogP contribution in [0.5, 0.6) is 11.9 Å². The van der Waals surface area contributed by atoms with Crippen LogP contribution in [0.2, 0.25) is 0 Å². The Kier molecular flexibility index (Phi) is 26.3. The molecule has 0 spiro atoms. The van der Waals surface area contributed by atoms with Crippen LogP contribution in [0.1, 0.15) is 123 Å². The number of aromatic nitrogens is 6. The first-order valence-corrected chi connectivity index (χ1v) is 19.3. The highest BCUT2D eigenvalue weighted by Gasteiger charge is 2.12. The van der Waals surface area contributed by atoms with E-state index in [-0.39, 0.29) is 43.8 Å². The van der Waals surface area contributed by atoms with Crippen LogP contribution >= 0.6 is 0 Å². The Morgan fingerprint density at radius 2 is 1.10 bits per heavy atom. The summed E-state index contributed by atoms with van der Waals surface area (Å²) in [5.41, 5.74) is 1.92. The second-order valence-corrected chi connectivity index (χ2v) is 13.1. The maximum Gasteiger partial charge on any atom is 0.325 e. The minimum atomic E-state index is -0.475. The molecule has 0 saturated carbocycles. The fourth-order valence-corrected chi connectivity index (χ4v) is 5.33. The number of nitrogens with zero attached hydrogens (tertiary/aromatic N) is 4. The molecule has 324 valence electrons. The highest BCUT2D eigenvalue weighted by atomic mass is 16.5. The van der Waals surface area contributed by atoms with E-state index < -0.39 is 5.69 Å². The van der Waals surface area contributed by atoms with Gasteiger partial charge in [-0.15, -0.1) is 0 Å². The van der Waals surface area contributed by atoms with Crippen LogP contribution in [0.25, 0.3) is 0 Å². The number of unbranched alkanes of at least 4 members (excludes halogenated alkanes) is 6. The Balaban J connectivity index is 0.000000421. The largest absolute Gasteiger partial charge is 0.481 e. The average Bonchev–Trinajstić information content (AvgIpc) is 3.90. The van der Waals surface area contributed by atoms with Gasteiger partial charge >= 0.3 is 11.7 Å². The Hall–Kier alpha value is -6.44. The molecule has 2 aromatic carbocycles. The Bertz CT molecular complexity index is 2000. The van der Waals surface area contributed by atoms with Crippen molar-refractivity contribution in [2.75, 3.05) is 14.2 Å². The van der Waals surface area contributed by atoms with E-state index in [1.807, 2.05) is 17.1 Å². The smallest absolute Gasteiger partial charge is 0.325 e. The number of Topliss-reactive ketones (excluding diaryl/α,β-unsaturated/α-hetero) is 2. The number of aromatic amines is 2. The molecule has 0 atom stereocenters. The number of methoxy groups -OCH3 is 2. The minimum absolute atomic E-state index is 0. The first kappa shape index (κ1) is 51.6. The van der Waals surface area contributed by atoms with Crippen molar-refractivity contribution in [2.24, 2.45) is 0 Å². The van der Waals surface area contributed by atoms with Crippen molar-refractivity contribution in [3.8, 4) is 11.9 Å². The monoisotopic (exact) mass is 826 g/mol. The maximum absolute atomic E-state index is 11.8. The molecule has 60 heavy (non-hydrogen) atoms. The topological polar surface area (TPSA) is 196 Å². The van der Waals surface area contributed by atoms with Gasteiger partial charge in [-0.2, -0.15) is 4.98 Å². The van der Waals surface area contributed by atoms with Crippen LogP contribution in [0, 0.1) is 13.8 Å². The number of carbonyl (C=O) groups excluding carboxylic acids is 2. The number of oxazole rings is 2. The minimum Gasteiger partial charge on any atom is -0.481 e. The van der Waals surface area contributed by atoms with Gasteiger partial charge in [-0.1, -0.05) is 101 Å². The standard InChI is InChI=1S/2C17H21NO2.C6H8N2O2.C4H4N2O2.2CH4/c2*1-14-13-18-17(20-14)16(19)12-8-3-2-5-9-15-10-6-4-7-11-15;1-9-5-3-4-7-6(8-5)10-2;7-3-1-2-5-4(8)6-3;;/h2*4,6-7,10-11,13H,2-3,5,8-9,12H2,1H3;3-4H,1-2H3;1-2H,(H2,5,6,7,8);2*1H4. The molecule has 4 heterocycles. The highest BCUT2D eigenvalue weighted by Crippen LogP contribution is 2.13. The second kappa shape index (κ2) is 30.6. The number of hydrogen-bond acceptors (Lipinski definition) is 12. The number of ether oxygens (including phenoxy) is 2. The average molecular weight is 827 g/mol. The predicted octanol–water partition coefficient (Wildman–Crippen LogP) is 9.55. The van der Waals surface area contributed by atoms with E-state index in [9.17, 15) is 19.2 Å². The Labute approximate surface area is 353 Å². The van der Waals surface area contributed by atoms with Crippen molar-refractivity contribution in [3.63, 3.8) is 0 Å². The molecule has 6 rings (SSSR count). The van der Waals surface area contributed by atoms with E-state index >= 15 is 0 Å². The Morgan fingerprint density at radius 1 is 0.617 bits per heavy atom. The van der Waals surface area contributed by atoms with Crippen molar-refractivity contribution >= 4 is 11.6 Å². The van der Waals surface area contributed by atoms with Gasteiger partial charge in [-0.05, 0) is 63.5 Å². The van der Waals surface area contributed by atoms with Crippen LogP contribution in [0.3, 0.4) is 0 Å². The molecule has 4 aromatic heterocycles. The first-order chi connectivity index (χ1) is 28.2. The van der Waals surface area contributed by atoms with Crippen molar-refractivity contribution in [1.82, 2.24) is 29.9 Å². The predicted molar refractivity (Wildman–Crippen MR) is 234 cm³/mol. The summed E-state index contributed by atoms with van der Waals surface area (Å²) in [6.07, 6.45) is 18.0. The van der Waals surface area contributed by atoms with Crippen molar-refractivity contribution < 1.29 is 27.9 Å². The zero-order valence-electron chi connectivity index (χ0n) is 33.8. The van der Waals surface area contributed by atoms with E-state index in [0.717, 1.165) is 51.4 Å². The van der Waals surface area contributed by atoms with Crippen molar-refractivity contribution in [1.29, 1.82) is 0 Å². The number of H-pyrrole nitrogens is 2. The molecular formula is C46H62N6O8. The molecular weight excluding hydrogens is 765 g/mol. The van der Waals surface area contributed by atoms with Crippen LogP contribution in [-0.4, -0.2) is 55.7 Å². The van der Waals surface area contributed by atoms with Crippen LogP contribution in [-0.2, 0) is 12.8 Å². The number of benzene rings is 2. The third kappa shape index (κ3) is 21.9. The summed E-state index contributed by atoms with van der Waals surface area (Å²) in [4.78, 5) is 63.7. The lowest BCUT2D eigenvalue weighted by molar-refractivity contribution is 0.0937. The number of carbonyl (C=O) groups is 2. The molecule has 0 fully saturated rings. The van der Waals surface area contributed by atoms with Crippen LogP contribution in [0.15, 0.2) is 116 Å². The van der Waals surface area contributed by atoms with E-state index in [2.05, 4.69) is 73.5 Å². The highest BCUT2D eigenvalue weighted by molar-refractivity contribution is 5.91. The van der Waals surface area contributed by atoms with Gasteiger partial charge in [-0.3, -0.25) is 19.4 Å². The zero-order chi connectivity index (χ0) is 41.8. The normalized spacial score (nSPS) is 9.80. The molecule has 0 saturated heterocycles. The summed E-state index contributed by atoms with van der Waals surface area (Å²) in [6.45, 7) is 3.60. The summed E-state index contributed by atoms with van der Waals surface area (Å²) < 4.78 is 20.0. The lowest BCUT2D eigenvalue weighted by atomic mass is 10.0. The lowest BCUT2D eigenvalue weighted by Gasteiger charge is -2.01. The van der Waals surface area contributed by atoms with Crippen molar-refractivity contribution in [3.05, 3.63) is 153 Å². The molecule has 0 aliphatic rings. The molecule has 0 amide bonds. The first-order valence-electron chi connectivity index (χ1n) is 19.3. The number of aryl methyl sites for hydroxylation is 4. The SMILES string of the molecule is C.C.COc1ccnc(OC)n1.Cc1cnc(C(=O)CCCCCCc2ccccc2)o1.Cc1cnc(C(=O)CCCCCCc2ccccc2)o1.O=c1cc[nH]c(=O)[nH]1. The fourth-order valence-electron chi connectivity index (χ4n) is 5.33. The summed E-state index contributed by atoms with van der Waals surface area (Å²) in [5.74, 6) is 2.43. The van der Waals surface area contributed by atoms with Crippen LogP contribution < -0.4 is 20.7 Å². The molecule has 14 heteroatoms. The Morgan fingerprint density at radius 3 is 1.48 bits per heavy atom. The number of hydrogen-bond donors (Lipinski definition) is 2.